The molecule has 0 aromatic rings. The summed E-state index contributed by atoms with van der Waals surface area (Å²) in [4.78, 5) is 4.10. The monoisotopic (exact) mass is 136 g/mol. The van der Waals surface area contributed by atoms with Gasteiger partial charge in [0.2, 0.25) is 0 Å². The predicted octanol–water partition coefficient (Wildman–Crippen LogP) is 1.82. The first-order valence-electron chi connectivity index (χ1n) is 3.55. The molecule has 0 atom stereocenters. The molecule has 0 radical (unpaired) electrons. The molecule has 1 aliphatic carbocycles. The van der Waals surface area contributed by atoms with Crippen LogP contribution >= 0.6 is 0 Å². The van der Waals surface area contributed by atoms with E-state index in [1.54, 1.807) is 7.05 Å². The number of hydrogen-bond acceptors (Lipinski definition) is 2. The van der Waals surface area contributed by atoms with Gasteiger partial charge in [0.15, 0.2) is 0 Å². The van der Waals surface area contributed by atoms with E-state index in [1.807, 2.05) is 0 Å². The maximum atomic E-state index is 7.06. The van der Waals surface area contributed by atoms with Crippen LogP contribution in [0.5, 0.6) is 0 Å². The van der Waals surface area contributed by atoms with Crippen LogP contribution in [0.15, 0.2) is 16.6 Å². The second-order valence-corrected chi connectivity index (χ2v) is 2.37. The summed E-state index contributed by atoms with van der Waals surface area (Å²) in [7, 11) is 1.79. The Morgan fingerprint density at radius 1 is 1.70 bits per heavy atom. The van der Waals surface area contributed by atoms with Crippen LogP contribution in [0, 0.1) is 5.41 Å². The van der Waals surface area contributed by atoms with Gasteiger partial charge in [0, 0.05) is 24.5 Å². The molecule has 0 heterocycles. The fraction of sp³-hybridized carbons (Fsp3) is 0.500. The number of nitrogens with one attached hydrogen (secondary N) is 1. The van der Waals surface area contributed by atoms with E-state index in [9.17, 15) is 0 Å². The SMILES string of the molecule is CN=C1CCCC=C1C=N. The zero-order chi connectivity index (χ0) is 7.40. The van der Waals surface area contributed by atoms with Crippen LogP contribution in [0.25, 0.3) is 0 Å². The molecular formula is C8H12N2. The van der Waals surface area contributed by atoms with Gasteiger partial charge in [0.05, 0.1) is 0 Å². The van der Waals surface area contributed by atoms with Crippen molar-refractivity contribution in [3.63, 3.8) is 0 Å². The van der Waals surface area contributed by atoms with Crippen LogP contribution in [0.2, 0.25) is 0 Å². The molecule has 0 aliphatic heterocycles. The van der Waals surface area contributed by atoms with E-state index in [2.05, 4.69) is 11.1 Å². The highest BCUT2D eigenvalue weighted by atomic mass is 14.7. The summed E-state index contributed by atoms with van der Waals surface area (Å²) in [6.45, 7) is 0. The quantitative estimate of drug-likeness (QED) is 0.534. The topological polar surface area (TPSA) is 36.2 Å². The Bertz CT molecular complexity index is 189. The van der Waals surface area contributed by atoms with Gasteiger partial charge in [0.25, 0.3) is 0 Å². The molecule has 0 saturated carbocycles. The number of aliphatic imine (C=N–C) groups is 1. The van der Waals surface area contributed by atoms with Gasteiger partial charge in [-0.1, -0.05) is 6.08 Å². The Balaban J connectivity index is 2.82. The zero-order valence-corrected chi connectivity index (χ0v) is 6.22. The standard InChI is InChI=1S/C8H12N2/c1-10-8-5-3-2-4-7(8)6-9/h4,6,9H,2-3,5H2,1H3. The third-order valence-electron chi connectivity index (χ3n) is 1.74. The smallest absolute Gasteiger partial charge is 0.0429 e. The summed E-state index contributed by atoms with van der Waals surface area (Å²) in [5.41, 5.74) is 2.09. The first-order chi connectivity index (χ1) is 4.88. The van der Waals surface area contributed by atoms with Crippen molar-refractivity contribution in [1.82, 2.24) is 0 Å². The molecule has 54 valence electrons. The van der Waals surface area contributed by atoms with Crippen molar-refractivity contribution >= 4 is 11.9 Å². The van der Waals surface area contributed by atoms with E-state index in [0.717, 1.165) is 24.1 Å². The van der Waals surface area contributed by atoms with Crippen molar-refractivity contribution in [2.24, 2.45) is 4.99 Å². The van der Waals surface area contributed by atoms with E-state index in [1.165, 1.54) is 12.6 Å². The minimum atomic E-state index is 1.01. The molecule has 1 N–H and O–H groups in total. The lowest BCUT2D eigenvalue weighted by Crippen LogP contribution is -2.07. The third-order valence-corrected chi connectivity index (χ3v) is 1.74. The summed E-state index contributed by atoms with van der Waals surface area (Å²) in [6.07, 6.45) is 6.80. The molecule has 0 spiro atoms. The van der Waals surface area contributed by atoms with Gasteiger partial charge in [-0.3, -0.25) is 4.99 Å². The first-order valence-corrected chi connectivity index (χ1v) is 3.55. The fourth-order valence-electron chi connectivity index (χ4n) is 1.17. The molecular weight excluding hydrogens is 124 g/mol. The highest BCUT2D eigenvalue weighted by molar-refractivity contribution is 6.15. The lowest BCUT2D eigenvalue weighted by atomic mass is 9.98. The third kappa shape index (κ3) is 1.32. The molecule has 0 unspecified atom stereocenters. The molecule has 0 fully saturated rings. The molecule has 0 amide bonds. The Hall–Kier alpha value is -0.920. The Morgan fingerprint density at radius 2 is 2.50 bits per heavy atom. The van der Waals surface area contributed by atoms with Crippen LogP contribution in [-0.4, -0.2) is 19.0 Å². The summed E-state index contributed by atoms with van der Waals surface area (Å²) < 4.78 is 0. The Labute approximate surface area is 61.2 Å². The van der Waals surface area contributed by atoms with Crippen molar-refractivity contribution < 1.29 is 0 Å². The Morgan fingerprint density at radius 3 is 3.00 bits per heavy atom. The van der Waals surface area contributed by atoms with Gasteiger partial charge in [0.1, 0.15) is 0 Å². The van der Waals surface area contributed by atoms with Gasteiger partial charge in [-0.05, 0) is 19.3 Å². The molecule has 1 aliphatic rings. The molecule has 0 saturated heterocycles. The van der Waals surface area contributed by atoms with Crippen molar-refractivity contribution in [1.29, 1.82) is 5.41 Å². The molecule has 0 aromatic carbocycles. The van der Waals surface area contributed by atoms with Crippen molar-refractivity contribution in [3.05, 3.63) is 11.6 Å². The van der Waals surface area contributed by atoms with E-state index in [4.69, 9.17) is 5.41 Å². The maximum absolute atomic E-state index is 7.06. The number of rotatable bonds is 1. The molecule has 0 aromatic heterocycles. The Kier molecular flexibility index (Phi) is 2.37. The van der Waals surface area contributed by atoms with Gasteiger partial charge in [-0.2, -0.15) is 0 Å². The van der Waals surface area contributed by atoms with Crippen molar-refractivity contribution in [2.75, 3.05) is 7.05 Å². The maximum Gasteiger partial charge on any atom is 0.0429 e. The van der Waals surface area contributed by atoms with Crippen LogP contribution in [-0.2, 0) is 0 Å². The average Bonchev–Trinajstić information content (AvgIpc) is 2.04. The first kappa shape index (κ1) is 7.19. The van der Waals surface area contributed by atoms with Gasteiger partial charge < -0.3 is 5.41 Å². The van der Waals surface area contributed by atoms with Gasteiger partial charge in [-0.25, -0.2) is 0 Å². The number of nitrogens with zero attached hydrogens (tertiary/aromatic N) is 1. The molecule has 2 nitrogen and oxygen atoms in total. The zero-order valence-electron chi connectivity index (χ0n) is 6.22. The lowest BCUT2D eigenvalue weighted by molar-refractivity contribution is 0.872. The van der Waals surface area contributed by atoms with Crippen LogP contribution in [0.1, 0.15) is 19.3 Å². The normalized spacial score (nSPS) is 22.5. The molecule has 0 bridgehead atoms. The summed E-state index contributed by atoms with van der Waals surface area (Å²) in [5, 5.41) is 7.06. The second kappa shape index (κ2) is 3.30. The van der Waals surface area contributed by atoms with Crippen LogP contribution < -0.4 is 0 Å². The summed E-state index contributed by atoms with van der Waals surface area (Å²) in [5.74, 6) is 0. The van der Waals surface area contributed by atoms with Gasteiger partial charge in [-0.15, -0.1) is 0 Å². The number of hydrogen-bond donors (Lipinski definition) is 1. The van der Waals surface area contributed by atoms with Crippen molar-refractivity contribution in [3.8, 4) is 0 Å². The molecule has 1 rings (SSSR count). The summed E-state index contributed by atoms with van der Waals surface area (Å²) in [6, 6.07) is 0. The highest BCUT2D eigenvalue weighted by Gasteiger charge is 2.07. The molecule has 10 heavy (non-hydrogen) atoms. The highest BCUT2D eigenvalue weighted by Crippen LogP contribution is 2.13. The van der Waals surface area contributed by atoms with E-state index in [0.29, 0.717) is 0 Å². The van der Waals surface area contributed by atoms with Crippen LogP contribution in [0.4, 0.5) is 0 Å². The summed E-state index contributed by atoms with van der Waals surface area (Å²) >= 11 is 0. The predicted molar refractivity (Wildman–Crippen MR) is 44.1 cm³/mol. The van der Waals surface area contributed by atoms with Crippen molar-refractivity contribution in [2.45, 2.75) is 19.3 Å². The van der Waals surface area contributed by atoms with E-state index >= 15 is 0 Å². The second-order valence-electron chi connectivity index (χ2n) is 2.37. The average molecular weight is 136 g/mol. The fourth-order valence-corrected chi connectivity index (χ4v) is 1.17. The largest absolute Gasteiger partial charge is 0.308 e. The minimum Gasteiger partial charge on any atom is -0.308 e. The van der Waals surface area contributed by atoms with E-state index in [-0.39, 0.29) is 0 Å². The minimum absolute atomic E-state index is 1.01. The molecule has 2 heteroatoms. The van der Waals surface area contributed by atoms with Crippen LogP contribution in [0.3, 0.4) is 0 Å². The number of allylic oxidation sites excluding steroid dienone is 2. The van der Waals surface area contributed by atoms with E-state index < -0.39 is 0 Å². The lowest BCUT2D eigenvalue weighted by Gasteiger charge is -2.10. The van der Waals surface area contributed by atoms with Gasteiger partial charge >= 0.3 is 0 Å².